The van der Waals surface area contributed by atoms with Gasteiger partial charge in [0.2, 0.25) is 0 Å². The minimum atomic E-state index is 0.0308. The highest BCUT2D eigenvalue weighted by molar-refractivity contribution is 5.37. The van der Waals surface area contributed by atoms with Crippen molar-refractivity contribution < 1.29 is 4.74 Å². The summed E-state index contributed by atoms with van der Waals surface area (Å²) in [6.07, 6.45) is 0.991. The van der Waals surface area contributed by atoms with E-state index < -0.39 is 0 Å². The summed E-state index contributed by atoms with van der Waals surface area (Å²) in [7, 11) is 0. The lowest BCUT2D eigenvalue weighted by Gasteiger charge is -2.30. The van der Waals surface area contributed by atoms with E-state index in [-0.39, 0.29) is 6.04 Å². The number of nitrogens with two attached hydrogens (primary N) is 1. The van der Waals surface area contributed by atoms with Gasteiger partial charge < -0.3 is 10.5 Å². The van der Waals surface area contributed by atoms with Gasteiger partial charge in [-0.1, -0.05) is 42.0 Å². The zero-order valence-electron chi connectivity index (χ0n) is 12.1. The second kappa shape index (κ2) is 5.29. The number of rotatable bonds is 2. The molecule has 2 aromatic rings. The van der Waals surface area contributed by atoms with Gasteiger partial charge in [0.15, 0.2) is 0 Å². The standard InChI is InChI=1S/C18H21NO/c1-12-7-8-13(2)16(9-12)18(19)15-10-14-5-3-4-6-17(14)20-11-15/h3-9,15,18H,10-11,19H2,1-2H3. The summed E-state index contributed by atoms with van der Waals surface area (Å²) in [5.74, 6) is 1.35. The Kier molecular flexibility index (Phi) is 3.49. The first-order valence-electron chi connectivity index (χ1n) is 7.18. The van der Waals surface area contributed by atoms with Crippen molar-refractivity contribution in [2.24, 2.45) is 11.7 Å². The van der Waals surface area contributed by atoms with Crippen LogP contribution >= 0.6 is 0 Å². The molecule has 0 radical (unpaired) electrons. The Morgan fingerprint density at radius 3 is 2.80 bits per heavy atom. The lowest BCUT2D eigenvalue weighted by molar-refractivity contribution is 0.199. The Hall–Kier alpha value is -1.80. The van der Waals surface area contributed by atoms with E-state index in [0.29, 0.717) is 12.5 Å². The highest BCUT2D eigenvalue weighted by atomic mass is 16.5. The van der Waals surface area contributed by atoms with Gasteiger partial charge in [0, 0.05) is 12.0 Å². The van der Waals surface area contributed by atoms with Crippen LogP contribution in [0.3, 0.4) is 0 Å². The van der Waals surface area contributed by atoms with E-state index in [0.717, 1.165) is 12.2 Å². The van der Waals surface area contributed by atoms with Gasteiger partial charge >= 0.3 is 0 Å². The average Bonchev–Trinajstić information content (AvgIpc) is 2.48. The van der Waals surface area contributed by atoms with Gasteiger partial charge in [0.25, 0.3) is 0 Å². The third kappa shape index (κ3) is 2.44. The molecule has 0 saturated carbocycles. The average molecular weight is 267 g/mol. The predicted molar refractivity (Wildman–Crippen MR) is 82.0 cm³/mol. The van der Waals surface area contributed by atoms with Crippen LogP contribution < -0.4 is 10.5 Å². The van der Waals surface area contributed by atoms with Crippen molar-refractivity contribution in [3.8, 4) is 5.75 Å². The van der Waals surface area contributed by atoms with Crippen LogP contribution in [-0.2, 0) is 6.42 Å². The van der Waals surface area contributed by atoms with Crippen LogP contribution in [0, 0.1) is 19.8 Å². The van der Waals surface area contributed by atoms with E-state index in [4.69, 9.17) is 10.5 Å². The molecule has 2 heteroatoms. The van der Waals surface area contributed by atoms with E-state index >= 15 is 0 Å². The summed E-state index contributed by atoms with van der Waals surface area (Å²) in [5.41, 5.74) is 11.6. The van der Waals surface area contributed by atoms with Crippen molar-refractivity contribution in [3.05, 3.63) is 64.7 Å². The summed E-state index contributed by atoms with van der Waals surface area (Å²) in [6, 6.07) is 14.8. The maximum absolute atomic E-state index is 6.52. The summed E-state index contributed by atoms with van der Waals surface area (Å²) in [6.45, 7) is 4.94. The van der Waals surface area contributed by atoms with Crippen LogP contribution in [0.4, 0.5) is 0 Å². The van der Waals surface area contributed by atoms with Crippen LogP contribution in [0.1, 0.15) is 28.3 Å². The molecule has 0 amide bonds. The summed E-state index contributed by atoms with van der Waals surface area (Å²) in [4.78, 5) is 0. The largest absolute Gasteiger partial charge is 0.493 e. The van der Waals surface area contributed by atoms with E-state index in [9.17, 15) is 0 Å². The smallest absolute Gasteiger partial charge is 0.122 e. The first-order valence-corrected chi connectivity index (χ1v) is 7.18. The molecule has 2 N–H and O–H groups in total. The number of ether oxygens (including phenoxy) is 1. The third-order valence-electron chi connectivity index (χ3n) is 4.21. The van der Waals surface area contributed by atoms with Crippen molar-refractivity contribution in [3.63, 3.8) is 0 Å². The number of para-hydroxylation sites is 1. The molecule has 20 heavy (non-hydrogen) atoms. The van der Waals surface area contributed by atoms with Gasteiger partial charge in [-0.05, 0) is 43.0 Å². The number of benzene rings is 2. The molecule has 0 aromatic heterocycles. The molecule has 2 nitrogen and oxygen atoms in total. The molecule has 0 spiro atoms. The Balaban J connectivity index is 1.85. The first kappa shape index (κ1) is 13.2. The van der Waals surface area contributed by atoms with Gasteiger partial charge in [0.1, 0.15) is 5.75 Å². The Labute approximate surface area is 120 Å². The predicted octanol–water partition coefficient (Wildman–Crippen LogP) is 3.55. The van der Waals surface area contributed by atoms with Crippen molar-refractivity contribution in [1.82, 2.24) is 0 Å². The molecule has 1 aliphatic heterocycles. The monoisotopic (exact) mass is 267 g/mol. The number of hydrogen-bond acceptors (Lipinski definition) is 2. The van der Waals surface area contributed by atoms with Crippen molar-refractivity contribution >= 4 is 0 Å². The minimum Gasteiger partial charge on any atom is -0.493 e. The third-order valence-corrected chi connectivity index (χ3v) is 4.21. The SMILES string of the molecule is Cc1ccc(C)c(C(N)C2COc3ccccc3C2)c1. The van der Waals surface area contributed by atoms with Gasteiger partial charge in [-0.15, -0.1) is 0 Å². The second-order valence-corrected chi connectivity index (χ2v) is 5.77. The van der Waals surface area contributed by atoms with Gasteiger partial charge in [-0.2, -0.15) is 0 Å². The zero-order valence-corrected chi connectivity index (χ0v) is 12.1. The zero-order chi connectivity index (χ0) is 14.1. The highest BCUT2D eigenvalue weighted by Gasteiger charge is 2.26. The molecule has 2 unspecified atom stereocenters. The molecular weight excluding hydrogens is 246 g/mol. The Morgan fingerprint density at radius 1 is 1.15 bits per heavy atom. The summed E-state index contributed by atoms with van der Waals surface area (Å²) in [5, 5.41) is 0. The van der Waals surface area contributed by atoms with Crippen LogP contribution in [0.2, 0.25) is 0 Å². The van der Waals surface area contributed by atoms with Gasteiger partial charge in [-0.3, -0.25) is 0 Å². The fourth-order valence-electron chi connectivity index (χ4n) is 2.96. The van der Waals surface area contributed by atoms with Gasteiger partial charge in [0.05, 0.1) is 6.61 Å². The van der Waals surface area contributed by atoms with Crippen LogP contribution in [-0.4, -0.2) is 6.61 Å². The fourth-order valence-corrected chi connectivity index (χ4v) is 2.96. The second-order valence-electron chi connectivity index (χ2n) is 5.77. The van der Waals surface area contributed by atoms with E-state index in [1.807, 2.05) is 12.1 Å². The molecule has 0 fully saturated rings. The van der Waals surface area contributed by atoms with Crippen LogP contribution in [0.25, 0.3) is 0 Å². The summed E-state index contributed by atoms with van der Waals surface area (Å²) < 4.78 is 5.87. The van der Waals surface area contributed by atoms with Crippen molar-refractivity contribution in [1.29, 1.82) is 0 Å². The maximum atomic E-state index is 6.52. The van der Waals surface area contributed by atoms with Crippen molar-refractivity contribution in [2.75, 3.05) is 6.61 Å². The number of fused-ring (bicyclic) bond motifs is 1. The fraction of sp³-hybridized carbons (Fsp3) is 0.333. The quantitative estimate of drug-likeness (QED) is 0.903. The topological polar surface area (TPSA) is 35.2 Å². The lowest BCUT2D eigenvalue weighted by atomic mass is 9.85. The summed E-state index contributed by atoms with van der Waals surface area (Å²) >= 11 is 0. The Bertz CT molecular complexity index is 621. The first-order chi connectivity index (χ1) is 9.65. The molecular formula is C18H21NO. The van der Waals surface area contributed by atoms with Crippen molar-refractivity contribution in [2.45, 2.75) is 26.3 Å². The molecule has 104 valence electrons. The molecule has 0 saturated heterocycles. The maximum Gasteiger partial charge on any atom is 0.122 e. The molecule has 2 atom stereocenters. The molecule has 2 aromatic carbocycles. The molecule has 0 bridgehead atoms. The van der Waals surface area contributed by atoms with Crippen LogP contribution in [0.5, 0.6) is 5.75 Å². The lowest BCUT2D eigenvalue weighted by Crippen LogP contribution is -2.31. The number of aryl methyl sites for hydroxylation is 2. The van der Waals surface area contributed by atoms with E-state index in [2.05, 4.69) is 44.2 Å². The minimum absolute atomic E-state index is 0.0308. The highest BCUT2D eigenvalue weighted by Crippen LogP contribution is 2.33. The normalized spacial score (nSPS) is 19.1. The van der Waals surface area contributed by atoms with Crippen LogP contribution in [0.15, 0.2) is 42.5 Å². The molecule has 3 rings (SSSR count). The van der Waals surface area contributed by atoms with E-state index in [1.165, 1.54) is 22.3 Å². The molecule has 1 aliphatic rings. The number of hydrogen-bond donors (Lipinski definition) is 1. The molecule has 0 aliphatic carbocycles. The molecule has 1 heterocycles. The van der Waals surface area contributed by atoms with E-state index in [1.54, 1.807) is 0 Å². The Morgan fingerprint density at radius 2 is 1.95 bits per heavy atom. The van der Waals surface area contributed by atoms with Gasteiger partial charge in [-0.25, -0.2) is 0 Å².